The SMILES string of the molecule is CC(C)CC(NC(=O)c1ccc(N2CCOCC2)cc1)C(=O)N1CCC2C1C(=O)CN2C(=O)c1ccc(Cl)s1. The molecule has 2 aromatic rings. The van der Waals surface area contributed by atoms with Gasteiger partial charge in [-0.15, -0.1) is 11.3 Å². The molecule has 0 aliphatic carbocycles. The van der Waals surface area contributed by atoms with Gasteiger partial charge in [0.1, 0.15) is 12.1 Å². The Balaban J connectivity index is 1.28. The van der Waals surface area contributed by atoms with E-state index in [0.717, 1.165) is 18.8 Å². The summed E-state index contributed by atoms with van der Waals surface area (Å²) < 4.78 is 5.91. The highest BCUT2D eigenvalue weighted by Crippen LogP contribution is 2.33. The quantitative estimate of drug-likeness (QED) is 0.547. The number of ether oxygens (including phenoxy) is 1. The normalized spacial score (nSPS) is 21.8. The number of amides is 3. The summed E-state index contributed by atoms with van der Waals surface area (Å²) in [6.45, 7) is 7.26. The van der Waals surface area contributed by atoms with E-state index in [2.05, 4.69) is 10.2 Å². The van der Waals surface area contributed by atoms with E-state index in [1.54, 1.807) is 34.1 Å². The minimum Gasteiger partial charge on any atom is -0.378 e. The average molecular weight is 573 g/mol. The topological polar surface area (TPSA) is 99.3 Å². The van der Waals surface area contributed by atoms with Gasteiger partial charge in [-0.3, -0.25) is 19.2 Å². The number of nitrogens with one attached hydrogen (secondary N) is 1. The average Bonchev–Trinajstić information content (AvgIpc) is 3.65. The fraction of sp³-hybridized carbons (Fsp3) is 0.500. The van der Waals surface area contributed by atoms with E-state index in [0.29, 0.717) is 47.4 Å². The number of hydrogen-bond donors (Lipinski definition) is 1. The number of thiophene rings is 1. The van der Waals surface area contributed by atoms with Gasteiger partial charge in [0, 0.05) is 30.9 Å². The molecule has 3 amide bonds. The first kappa shape index (κ1) is 27.6. The van der Waals surface area contributed by atoms with E-state index in [-0.39, 0.29) is 42.0 Å². The number of Topliss-reactive ketones (excluding diaryl/α,β-unsaturated/α-hetero) is 1. The number of ketones is 1. The number of morpholine rings is 1. The molecular formula is C28H33ClN4O5S. The van der Waals surface area contributed by atoms with Gasteiger partial charge in [-0.2, -0.15) is 0 Å². The van der Waals surface area contributed by atoms with Crippen LogP contribution in [0.1, 0.15) is 46.7 Å². The molecule has 0 spiro atoms. The van der Waals surface area contributed by atoms with Crippen LogP contribution in [0.2, 0.25) is 4.34 Å². The maximum atomic E-state index is 13.8. The molecule has 3 aliphatic heterocycles. The summed E-state index contributed by atoms with van der Waals surface area (Å²) >= 11 is 7.19. The summed E-state index contributed by atoms with van der Waals surface area (Å²) in [5.41, 5.74) is 1.49. The Labute approximate surface area is 237 Å². The molecule has 3 atom stereocenters. The van der Waals surface area contributed by atoms with Crippen LogP contribution in [0.5, 0.6) is 0 Å². The van der Waals surface area contributed by atoms with E-state index < -0.39 is 12.1 Å². The molecule has 4 heterocycles. The van der Waals surface area contributed by atoms with Gasteiger partial charge in [0.05, 0.1) is 35.0 Å². The van der Waals surface area contributed by atoms with Crippen LogP contribution in [0, 0.1) is 5.92 Å². The molecule has 11 heteroatoms. The minimum atomic E-state index is -0.774. The lowest BCUT2D eigenvalue weighted by atomic mass is 10.0. The third kappa shape index (κ3) is 5.83. The number of carbonyl (C=O) groups excluding carboxylic acids is 4. The van der Waals surface area contributed by atoms with Crippen molar-refractivity contribution in [1.82, 2.24) is 15.1 Å². The standard InChI is InChI=1S/C28H33ClN4O5S/c1-17(2)15-20(30-26(35)18-3-5-19(6-4-18)31-11-13-38-14-12-31)27(36)32-10-9-21-25(32)22(34)16-33(21)28(37)23-7-8-24(29)39-23/h3-8,17,20-21,25H,9-16H2,1-2H3,(H,30,35). The first-order valence-electron chi connectivity index (χ1n) is 13.4. The van der Waals surface area contributed by atoms with Crippen molar-refractivity contribution < 1.29 is 23.9 Å². The highest BCUT2D eigenvalue weighted by molar-refractivity contribution is 7.18. The maximum Gasteiger partial charge on any atom is 0.264 e. The van der Waals surface area contributed by atoms with Crippen molar-refractivity contribution in [2.45, 2.75) is 44.8 Å². The second-order valence-electron chi connectivity index (χ2n) is 10.6. The second kappa shape index (κ2) is 11.7. The van der Waals surface area contributed by atoms with Gasteiger partial charge in [-0.1, -0.05) is 25.4 Å². The second-order valence-corrected chi connectivity index (χ2v) is 12.4. The van der Waals surface area contributed by atoms with Crippen LogP contribution in [0.4, 0.5) is 5.69 Å². The number of carbonyl (C=O) groups is 4. The van der Waals surface area contributed by atoms with Crippen molar-refractivity contribution in [3.63, 3.8) is 0 Å². The Bertz CT molecular complexity index is 1240. The number of anilines is 1. The highest BCUT2D eigenvalue weighted by Gasteiger charge is 2.52. The summed E-state index contributed by atoms with van der Waals surface area (Å²) in [6, 6.07) is 8.83. The van der Waals surface area contributed by atoms with E-state index in [9.17, 15) is 19.2 Å². The molecule has 9 nitrogen and oxygen atoms in total. The van der Waals surface area contributed by atoms with Crippen LogP contribution in [0.15, 0.2) is 36.4 Å². The van der Waals surface area contributed by atoms with Gasteiger partial charge >= 0.3 is 0 Å². The smallest absolute Gasteiger partial charge is 0.264 e. The minimum absolute atomic E-state index is 0.0375. The Hall–Kier alpha value is -2.95. The van der Waals surface area contributed by atoms with Crippen LogP contribution in [0.25, 0.3) is 0 Å². The summed E-state index contributed by atoms with van der Waals surface area (Å²) in [5, 5.41) is 2.93. The van der Waals surface area contributed by atoms with Crippen LogP contribution in [-0.2, 0) is 14.3 Å². The summed E-state index contributed by atoms with van der Waals surface area (Å²) in [7, 11) is 0. The van der Waals surface area contributed by atoms with Gasteiger partial charge in [0.25, 0.3) is 11.8 Å². The third-order valence-corrected chi connectivity index (χ3v) is 8.79. The van der Waals surface area contributed by atoms with Crippen LogP contribution >= 0.6 is 22.9 Å². The molecule has 0 saturated carbocycles. The molecule has 208 valence electrons. The van der Waals surface area contributed by atoms with Crippen molar-refractivity contribution in [2.75, 3.05) is 44.3 Å². The number of halogens is 1. The van der Waals surface area contributed by atoms with Gasteiger partial charge in [-0.25, -0.2) is 0 Å². The molecule has 1 aromatic heterocycles. The maximum absolute atomic E-state index is 13.8. The number of likely N-dealkylation sites (tertiary alicyclic amines) is 2. The van der Waals surface area contributed by atoms with Crippen LogP contribution in [-0.4, -0.2) is 90.8 Å². The molecule has 39 heavy (non-hydrogen) atoms. The highest BCUT2D eigenvalue weighted by atomic mass is 35.5. The van der Waals surface area contributed by atoms with Crippen molar-refractivity contribution in [3.05, 3.63) is 51.2 Å². The Morgan fingerprint density at radius 2 is 1.77 bits per heavy atom. The zero-order chi connectivity index (χ0) is 27.7. The molecule has 1 aromatic carbocycles. The summed E-state index contributed by atoms with van der Waals surface area (Å²) in [5.74, 6) is -0.870. The van der Waals surface area contributed by atoms with E-state index >= 15 is 0 Å². The predicted octanol–water partition coefficient (Wildman–Crippen LogP) is 3.08. The largest absolute Gasteiger partial charge is 0.378 e. The fourth-order valence-electron chi connectivity index (χ4n) is 5.69. The summed E-state index contributed by atoms with van der Waals surface area (Å²) in [4.78, 5) is 58.9. The van der Waals surface area contributed by atoms with Crippen molar-refractivity contribution in [1.29, 1.82) is 0 Å². The molecule has 3 saturated heterocycles. The Morgan fingerprint density at radius 3 is 2.41 bits per heavy atom. The van der Waals surface area contributed by atoms with Crippen LogP contribution < -0.4 is 10.2 Å². The van der Waals surface area contributed by atoms with Crippen molar-refractivity contribution in [3.8, 4) is 0 Å². The van der Waals surface area contributed by atoms with E-state index in [1.165, 1.54) is 11.3 Å². The molecule has 0 bridgehead atoms. The number of hydrogen-bond acceptors (Lipinski definition) is 7. The first-order chi connectivity index (χ1) is 18.7. The van der Waals surface area contributed by atoms with Gasteiger partial charge in [-0.05, 0) is 55.2 Å². The molecule has 3 unspecified atom stereocenters. The molecule has 5 rings (SSSR count). The third-order valence-electron chi connectivity index (χ3n) is 7.57. The van der Waals surface area contributed by atoms with Gasteiger partial charge in [0.2, 0.25) is 5.91 Å². The molecule has 3 aliphatic rings. The zero-order valence-electron chi connectivity index (χ0n) is 22.1. The number of fused-ring (bicyclic) bond motifs is 1. The Kier molecular flexibility index (Phi) is 8.25. The molecule has 3 fully saturated rings. The fourth-order valence-corrected chi connectivity index (χ4v) is 6.69. The van der Waals surface area contributed by atoms with E-state index in [1.807, 2.05) is 26.0 Å². The lowest BCUT2D eigenvalue weighted by Crippen LogP contribution is -2.53. The molecule has 1 N–H and O–H groups in total. The monoisotopic (exact) mass is 572 g/mol. The lowest BCUT2D eigenvalue weighted by Gasteiger charge is -2.29. The lowest BCUT2D eigenvalue weighted by molar-refractivity contribution is -0.138. The number of benzene rings is 1. The van der Waals surface area contributed by atoms with E-state index in [4.69, 9.17) is 16.3 Å². The Morgan fingerprint density at radius 1 is 1.05 bits per heavy atom. The molecule has 0 radical (unpaired) electrons. The van der Waals surface area contributed by atoms with Gasteiger partial charge in [0.15, 0.2) is 5.78 Å². The number of rotatable bonds is 7. The molecular weight excluding hydrogens is 540 g/mol. The first-order valence-corrected chi connectivity index (χ1v) is 14.6. The zero-order valence-corrected chi connectivity index (χ0v) is 23.7. The predicted molar refractivity (Wildman–Crippen MR) is 149 cm³/mol. The number of nitrogens with zero attached hydrogens (tertiary/aromatic N) is 3. The van der Waals surface area contributed by atoms with Gasteiger partial charge < -0.3 is 24.8 Å². The summed E-state index contributed by atoms with van der Waals surface area (Å²) in [6.07, 6.45) is 0.952. The van der Waals surface area contributed by atoms with Crippen LogP contribution in [0.3, 0.4) is 0 Å². The van der Waals surface area contributed by atoms with Crippen molar-refractivity contribution in [2.24, 2.45) is 5.92 Å². The van der Waals surface area contributed by atoms with Crippen molar-refractivity contribution >= 4 is 52.1 Å².